The number of benzene rings is 2. The van der Waals surface area contributed by atoms with Gasteiger partial charge in [-0.25, -0.2) is 4.68 Å². The minimum atomic E-state index is -0.0146. The number of hydrogen-bond acceptors (Lipinski definition) is 3. The van der Waals surface area contributed by atoms with Crippen molar-refractivity contribution in [2.75, 3.05) is 0 Å². The quantitative estimate of drug-likeness (QED) is 0.666. The molecule has 28 heavy (non-hydrogen) atoms. The molecule has 0 bridgehead atoms. The molecule has 0 unspecified atom stereocenters. The molecule has 0 N–H and O–H groups in total. The van der Waals surface area contributed by atoms with Gasteiger partial charge < -0.3 is 4.90 Å². The lowest BCUT2D eigenvalue weighted by molar-refractivity contribution is 0.0690. The molecule has 3 rings (SSSR count). The van der Waals surface area contributed by atoms with Crippen molar-refractivity contribution in [2.45, 2.75) is 40.3 Å². The molecule has 1 aromatic heterocycles. The average molecular weight is 372 g/mol. The van der Waals surface area contributed by atoms with Crippen LogP contribution < -0.4 is 0 Å². The lowest BCUT2D eigenvalue weighted by atomic mass is 10.1. The fourth-order valence-corrected chi connectivity index (χ4v) is 3.17. The Morgan fingerprint density at radius 3 is 2.25 bits per heavy atom. The van der Waals surface area contributed by atoms with Crippen LogP contribution in [-0.4, -0.2) is 26.6 Å². The second kappa shape index (κ2) is 8.10. The van der Waals surface area contributed by atoms with Crippen molar-refractivity contribution >= 4 is 5.91 Å². The van der Waals surface area contributed by atoms with Crippen LogP contribution in [0.25, 0.3) is 5.69 Å². The maximum absolute atomic E-state index is 13.1. The summed E-state index contributed by atoms with van der Waals surface area (Å²) in [5.74, 6) is -0.0146. The molecule has 0 aliphatic rings. The zero-order chi connectivity index (χ0) is 20.3. The van der Waals surface area contributed by atoms with Crippen LogP contribution in [0.3, 0.4) is 0 Å². The number of aryl methyl sites for hydroxylation is 2. The van der Waals surface area contributed by atoms with E-state index < -0.39 is 0 Å². The number of carbonyl (C=O) groups excluding carboxylic acids is 1. The van der Waals surface area contributed by atoms with Crippen LogP contribution in [0.4, 0.5) is 0 Å². The molecule has 0 aliphatic heterocycles. The molecule has 2 aromatic carbocycles. The van der Waals surface area contributed by atoms with Crippen LogP contribution in [0.1, 0.15) is 46.7 Å². The number of amides is 1. The SMILES string of the molecule is Cc1cc(C)n(-c2ccc(C(=O)N(Cc3ccc(C#N)cc3)C(C)C)cc2)n1. The summed E-state index contributed by atoms with van der Waals surface area (Å²) in [5, 5.41) is 13.4. The third-order valence-electron chi connectivity index (χ3n) is 4.69. The molecule has 1 amide bonds. The summed E-state index contributed by atoms with van der Waals surface area (Å²) in [6, 6.07) is 19.1. The van der Waals surface area contributed by atoms with Crippen molar-refractivity contribution in [2.24, 2.45) is 0 Å². The Labute approximate surface area is 165 Å². The first-order valence-corrected chi connectivity index (χ1v) is 9.32. The predicted octanol–water partition coefficient (Wildman–Crippen LogP) is 4.41. The lowest BCUT2D eigenvalue weighted by Gasteiger charge is -2.27. The van der Waals surface area contributed by atoms with Gasteiger partial charge in [0.2, 0.25) is 0 Å². The summed E-state index contributed by atoms with van der Waals surface area (Å²) in [6.45, 7) is 8.49. The Morgan fingerprint density at radius 1 is 1.11 bits per heavy atom. The fraction of sp³-hybridized carbons (Fsp3) is 0.261. The molecular weight excluding hydrogens is 348 g/mol. The van der Waals surface area contributed by atoms with Crippen molar-refractivity contribution in [3.05, 3.63) is 82.7 Å². The molecule has 0 spiro atoms. The van der Waals surface area contributed by atoms with Gasteiger partial charge in [-0.15, -0.1) is 0 Å². The molecule has 5 nitrogen and oxygen atoms in total. The minimum Gasteiger partial charge on any atom is -0.332 e. The van der Waals surface area contributed by atoms with Crippen molar-refractivity contribution in [1.82, 2.24) is 14.7 Å². The van der Waals surface area contributed by atoms with Gasteiger partial charge in [-0.2, -0.15) is 10.4 Å². The van der Waals surface area contributed by atoms with Crippen LogP contribution >= 0.6 is 0 Å². The second-order valence-electron chi connectivity index (χ2n) is 7.22. The molecule has 0 saturated heterocycles. The summed E-state index contributed by atoms with van der Waals surface area (Å²) in [6.07, 6.45) is 0. The number of nitrogens with zero attached hydrogens (tertiary/aromatic N) is 4. The second-order valence-corrected chi connectivity index (χ2v) is 7.22. The van der Waals surface area contributed by atoms with Crippen LogP contribution in [-0.2, 0) is 6.54 Å². The molecule has 0 fully saturated rings. The van der Waals surface area contributed by atoms with Gasteiger partial charge in [-0.1, -0.05) is 12.1 Å². The highest BCUT2D eigenvalue weighted by molar-refractivity contribution is 5.94. The topological polar surface area (TPSA) is 61.9 Å². The molecule has 0 atom stereocenters. The zero-order valence-corrected chi connectivity index (χ0v) is 16.7. The van der Waals surface area contributed by atoms with Crippen molar-refractivity contribution in [1.29, 1.82) is 5.26 Å². The summed E-state index contributed by atoms with van der Waals surface area (Å²) in [7, 11) is 0. The molecule has 5 heteroatoms. The Kier molecular flexibility index (Phi) is 5.60. The highest BCUT2D eigenvalue weighted by Gasteiger charge is 2.19. The van der Waals surface area contributed by atoms with E-state index in [1.807, 2.05) is 79.7 Å². The first-order chi connectivity index (χ1) is 13.4. The van der Waals surface area contributed by atoms with Gasteiger partial charge in [-0.3, -0.25) is 4.79 Å². The molecule has 0 saturated carbocycles. The van der Waals surface area contributed by atoms with E-state index in [-0.39, 0.29) is 11.9 Å². The van der Waals surface area contributed by atoms with E-state index >= 15 is 0 Å². The van der Waals surface area contributed by atoms with Gasteiger partial charge >= 0.3 is 0 Å². The number of carbonyl (C=O) groups is 1. The van der Waals surface area contributed by atoms with E-state index in [9.17, 15) is 4.79 Å². The molecule has 0 radical (unpaired) electrons. The summed E-state index contributed by atoms with van der Waals surface area (Å²) >= 11 is 0. The minimum absolute atomic E-state index is 0.0146. The number of hydrogen-bond donors (Lipinski definition) is 0. The molecule has 3 aromatic rings. The van der Waals surface area contributed by atoms with Gasteiger partial charge in [0.05, 0.1) is 23.0 Å². The van der Waals surface area contributed by atoms with Crippen LogP contribution in [0.2, 0.25) is 0 Å². The third kappa shape index (κ3) is 4.12. The van der Waals surface area contributed by atoms with Gasteiger partial charge in [0, 0.05) is 23.8 Å². The van der Waals surface area contributed by atoms with E-state index in [1.54, 1.807) is 12.1 Å². The highest BCUT2D eigenvalue weighted by atomic mass is 16.2. The largest absolute Gasteiger partial charge is 0.332 e. The van der Waals surface area contributed by atoms with E-state index in [0.29, 0.717) is 17.7 Å². The van der Waals surface area contributed by atoms with Gasteiger partial charge in [0.15, 0.2) is 0 Å². The van der Waals surface area contributed by atoms with E-state index in [1.165, 1.54) is 0 Å². The molecule has 1 heterocycles. The van der Waals surface area contributed by atoms with E-state index in [0.717, 1.165) is 22.6 Å². The summed E-state index contributed by atoms with van der Waals surface area (Å²) in [5.41, 5.74) is 5.22. The van der Waals surface area contributed by atoms with Crippen LogP contribution in [0.15, 0.2) is 54.6 Å². The first kappa shape index (κ1) is 19.4. The maximum atomic E-state index is 13.1. The number of aromatic nitrogens is 2. The normalized spacial score (nSPS) is 10.7. The van der Waals surface area contributed by atoms with Crippen LogP contribution in [0, 0.1) is 25.2 Å². The Hall–Kier alpha value is -3.39. The van der Waals surface area contributed by atoms with Crippen molar-refractivity contribution in [3.63, 3.8) is 0 Å². The smallest absolute Gasteiger partial charge is 0.254 e. The Balaban J connectivity index is 1.81. The fourth-order valence-electron chi connectivity index (χ4n) is 3.17. The summed E-state index contributed by atoms with van der Waals surface area (Å²) < 4.78 is 1.88. The van der Waals surface area contributed by atoms with Crippen molar-refractivity contribution in [3.8, 4) is 11.8 Å². The highest BCUT2D eigenvalue weighted by Crippen LogP contribution is 2.17. The van der Waals surface area contributed by atoms with E-state index in [2.05, 4.69) is 11.2 Å². The standard InChI is InChI=1S/C23H24N4O/c1-16(2)26(15-20-7-5-19(14-24)6-8-20)23(28)21-9-11-22(12-10-21)27-18(4)13-17(3)25-27/h5-13,16H,15H2,1-4H3. The predicted molar refractivity (Wildman–Crippen MR) is 109 cm³/mol. The maximum Gasteiger partial charge on any atom is 0.254 e. The number of nitriles is 1. The third-order valence-corrected chi connectivity index (χ3v) is 4.69. The van der Waals surface area contributed by atoms with Gasteiger partial charge in [0.1, 0.15) is 0 Å². The summed E-state index contributed by atoms with van der Waals surface area (Å²) in [4.78, 5) is 14.9. The van der Waals surface area contributed by atoms with E-state index in [4.69, 9.17) is 5.26 Å². The monoisotopic (exact) mass is 372 g/mol. The molecular formula is C23H24N4O. The number of rotatable bonds is 5. The van der Waals surface area contributed by atoms with Crippen molar-refractivity contribution < 1.29 is 4.79 Å². The average Bonchev–Trinajstić information content (AvgIpc) is 3.04. The molecule has 142 valence electrons. The zero-order valence-electron chi connectivity index (χ0n) is 16.7. The first-order valence-electron chi connectivity index (χ1n) is 9.32. The Morgan fingerprint density at radius 2 is 1.75 bits per heavy atom. The Bertz CT molecular complexity index is 1010. The lowest BCUT2D eigenvalue weighted by Crippen LogP contribution is -2.36. The van der Waals surface area contributed by atoms with Crippen LogP contribution in [0.5, 0.6) is 0 Å². The van der Waals surface area contributed by atoms with Gasteiger partial charge in [-0.05, 0) is 75.7 Å². The molecule has 0 aliphatic carbocycles. The van der Waals surface area contributed by atoms with Gasteiger partial charge in [0.25, 0.3) is 5.91 Å².